The third kappa shape index (κ3) is 2.12. The molecule has 1 aromatic carbocycles. The quantitative estimate of drug-likeness (QED) is 0.671. The molecule has 0 spiro atoms. The number of hydrogen-bond acceptors (Lipinski definition) is 3. The Morgan fingerprint density at radius 3 is 2.62 bits per heavy atom. The van der Waals surface area contributed by atoms with Gasteiger partial charge in [-0.25, -0.2) is 0 Å². The Morgan fingerprint density at radius 2 is 2.15 bits per heavy atom. The molecule has 0 aliphatic rings. The zero-order valence-electron chi connectivity index (χ0n) is 7.30. The van der Waals surface area contributed by atoms with Gasteiger partial charge in [-0.2, -0.15) is 0 Å². The standard InChI is InChI=1S/C9H9IO3/c1-5(11)6-3-7(10)9(12)8(4-6)13-2/h3-4,12H,1-2H3. The van der Waals surface area contributed by atoms with Crippen LogP contribution < -0.4 is 4.74 Å². The van der Waals surface area contributed by atoms with E-state index in [4.69, 9.17) is 4.74 Å². The van der Waals surface area contributed by atoms with Gasteiger partial charge in [-0.05, 0) is 41.6 Å². The van der Waals surface area contributed by atoms with Crippen molar-refractivity contribution in [1.29, 1.82) is 0 Å². The van der Waals surface area contributed by atoms with Crippen LogP contribution in [0.5, 0.6) is 11.5 Å². The van der Waals surface area contributed by atoms with E-state index in [0.717, 1.165) is 0 Å². The van der Waals surface area contributed by atoms with Gasteiger partial charge in [0.25, 0.3) is 0 Å². The number of phenolic OH excluding ortho intramolecular Hbond substituents is 1. The lowest BCUT2D eigenvalue weighted by Gasteiger charge is -2.06. The fraction of sp³-hybridized carbons (Fsp3) is 0.222. The molecule has 0 saturated heterocycles. The Morgan fingerprint density at radius 1 is 1.54 bits per heavy atom. The Hall–Kier alpha value is -0.780. The van der Waals surface area contributed by atoms with E-state index < -0.39 is 0 Å². The minimum absolute atomic E-state index is 0.0452. The van der Waals surface area contributed by atoms with Crippen molar-refractivity contribution < 1.29 is 14.6 Å². The first-order valence-corrected chi connectivity index (χ1v) is 4.71. The maximum Gasteiger partial charge on any atom is 0.171 e. The van der Waals surface area contributed by atoms with Crippen LogP contribution in [0.15, 0.2) is 12.1 Å². The molecule has 0 aliphatic heterocycles. The van der Waals surface area contributed by atoms with Crippen LogP contribution in [0.3, 0.4) is 0 Å². The van der Waals surface area contributed by atoms with Gasteiger partial charge in [0.1, 0.15) is 0 Å². The van der Waals surface area contributed by atoms with Crippen LogP contribution in [-0.2, 0) is 0 Å². The summed E-state index contributed by atoms with van der Waals surface area (Å²) >= 11 is 1.95. The average Bonchev–Trinajstić information content (AvgIpc) is 2.09. The van der Waals surface area contributed by atoms with Gasteiger partial charge in [-0.1, -0.05) is 0 Å². The summed E-state index contributed by atoms with van der Waals surface area (Å²) < 4.78 is 5.52. The molecule has 0 heterocycles. The van der Waals surface area contributed by atoms with Gasteiger partial charge >= 0.3 is 0 Å². The molecular formula is C9H9IO3. The second-order valence-corrected chi connectivity index (χ2v) is 3.73. The largest absolute Gasteiger partial charge is 0.504 e. The van der Waals surface area contributed by atoms with Crippen LogP contribution in [0.1, 0.15) is 17.3 Å². The first-order valence-electron chi connectivity index (χ1n) is 3.63. The lowest BCUT2D eigenvalue weighted by Crippen LogP contribution is -1.95. The first kappa shape index (κ1) is 10.3. The molecule has 0 bridgehead atoms. The molecule has 0 atom stereocenters. The number of hydrogen-bond donors (Lipinski definition) is 1. The highest BCUT2D eigenvalue weighted by Gasteiger charge is 2.10. The Bertz CT molecular complexity index is 347. The highest BCUT2D eigenvalue weighted by molar-refractivity contribution is 14.1. The number of halogens is 1. The molecule has 13 heavy (non-hydrogen) atoms. The number of Topliss-reactive ketones (excluding diaryl/α,β-unsaturated/α-hetero) is 1. The third-order valence-electron chi connectivity index (χ3n) is 1.65. The van der Waals surface area contributed by atoms with Crippen molar-refractivity contribution >= 4 is 28.4 Å². The number of carbonyl (C=O) groups excluding carboxylic acids is 1. The summed E-state index contributed by atoms with van der Waals surface area (Å²) in [6.07, 6.45) is 0. The second-order valence-electron chi connectivity index (χ2n) is 2.57. The topological polar surface area (TPSA) is 46.5 Å². The van der Waals surface area contributed by atoms with Crippen LogP contribution >= 0.6 is 22.6 Å². The van der Waals surface area contributed by atoms with Gasteiger partial charge in [-0.3, -0.25) is 4.79 Å². The van der Waals surface area contributed by atoms with Gasteiger partial charge in [0.15, 0.2) is 17.3 Å². The van der Waals surface area contributed by atoms with E-state index in [9.17, 15) is 9.90 Å². The summed E-state index contributed by atoms with van der Waals surface area (Å²) in [5, 5.41) is 9.46. The Balaban J connectivity index is 3.30. The summed E-state index contributed by atoms with van der Waals surface area (Å²) in [6.45, 7) is 1.47. The Labute approximate surface area is 89.9 Å². The van der Waals surface area contributed by atoms with E-state index >= 15 is 0 Å². The maximum absolute atomic E-state index is 11.0. The summed E-state index contributed by atoms with van der Waals surface area (Å²) in [6, 6.07) is 3.15. The number of methoxy groups -OCH3 is 1. The number of carbonyl (C=O) groups is 1. The molecular weight excluding hydrogens is 283 g/mol. The molecule has 0 radical (unpaired) electrons. The van der Waals surface area contributed by atoms with E-state index in [1.807, 2.05) is 22.6 Å². The number of phenols is 1. The molecule has 0 amide bonds. The number of ketones is 1. The van der Waals surface area contributed by atoms with E-state index in [2.05, 4.69) is 0 Å². The maximum atomic E-state index is 11.0. The highest BCUT2D eigenvalue weighted by Crippen LogP contribution is 2.32. The second kappa shape index (κ2) is 3.95. The molecule has 0 unspecified atom stereocenters. The molecule has 4 heteroatoms. The fourth-order valence-corrected chi connectivity index (χ4v) is 1.53. The molecule has 1 rings (SSSR count). The van der Waals surface area contributed by atoms with Crippen LogP contribution in [0, 0.1) is 3.57 Å². The number of rotatable bonds is 2. The lowest BCUT2D eigenvalue weighted by molar-refractivity contribution is 0.101. The van der Waals surface area contributed by atoms with Crippen molar-refractivity contribution in [3.05, 3.63) is 21.3 Å². The molecule has 0 fully saturated rings. The van der Waals surface area contributed by atoms with Crippen molar-refractivity contribution in [2.24, 2.45) is 0 Å². The predicted octanol–water partition coefficient (Wildman–Crippen LogP) is 2.21. The molecule has 0 saturated carbocycles. The lowest BCUT2D eigenvalue weighted by atomic mass is 10.1. The van der Waals surface area contributed by atoms with Gasteiger partial charge in [0.05, 0.1) is 10.7 Å². The number of ether oxygens (including phenoxy) is 1. The van der Waals surface area contributed by atoms with Crippen molar-refractivity contribution in [1.82, 2.24) is 0 Å². The summed E-state index contributed by atoms with van der Waals surface area (Å²) in [7, 11) is 1.45. The van der Waals surface area contributed by atoms with E-state index in [-0.39, 0.29) is 11.5 Å². The fourth-order valence-electron chi connectivity index (χ4n) is 0.933. The molecule has 0 aromatic heterocycles. The van der Waals surface area contributed by atoms with Crippen molar-refractivity contribution in [3.8, 4) is 11.5 Å². The minimum Gasteiger partial charge on any atom is -0.504 e. The van der Waals surface area contributed by atoms with Crippen LogP contribution in [0.2, 0.25) is 0 Å². The molecule has 70 valence electrons. The monoisotopic (exact) mass is 292 g/mol. The molecule has 0 aliphatic carbocycles. The minimum atomic E-state index is -0.0452. The van der Waals surface area contributed by atoms with Gasteiger partial charge in [-0.15, -0.1) is 0 Å². The van der Waals surface area contributed by atoms with Crippen LogP contribution in [0.4, 0.5) is 0 Å². The zero-order valence-corrected chi connectivity index (χ0v) is 9.45. The summed E-state index contributed by atoms with van der Waals surface area (Å²) in [4.78, 5) is 11.0. The first-order chi connectivity index (χ1) is 6.06. The summed E-state index contributed by atoms with van der Waals surface area (Å²) in [5.41, 5.74) is 0.541. The number of aromatic hydroxyl groups is 1. The van der Waals surface area contributed by atoms with Gasteiger partial charge in [0.2, 0.25) is 0 Å². The normalized spacial score (nSPS) is 9.77. The highest BCUT2D eigenvalue weighted by atomic mass is 127. The third-order valence-corrected chi connectivity index (χ3v) is 2.48. The number of benzene rings is 1. The van der Waals surface area contributed by atoms with Crippen molar-refractivity contribution in [2.75, 3.05) is 7.11 Å². The molecule has 1 aromatic rings. The Kier molecular flexibility index (Phi) is 3.13. The predicted molar refractivity (Wildman–Crippen MR) is 57.4 cm³/mol. The van der Waals surface area contributed by atoms with Crippen LogP contribution in [0.25, 0.3) is 0 Å². The molecule has 1 N–H and O–H groups in total. The molecule has 3 nitrogen and oxygen atoms in total. The van der Waals surface area contributed by atoms with Crippen molar-refractivity contribution in [3.63, 3.8) is 0 Å². The van der Waals surface area contributed by atoms with Gasteiger partial charge < -0.3 is 9.84 Å². The van der Waals surface area contributed by atoms with E-state index in [1.54, 1.807) is 6.07 Å². The average molecular weight is 292 g/mol. The van der Waals surface area contributed by atoms with Crippen molar-refractivity contribution in [2.45, 2.75) is 6.92 Å². The smallest absolute Gasteiger partial charge is 0.171 e. The zero-order chi connectivity index (χ0) is 10.0. The van der Waals surface area contributed by atoms with E-state index in [1.165, 1.54) is 20.1 Å². The van der Waals surface area contributed by atoms with E-state index in [0.29, 0.717) is 14.9 Å². The van der Waals surface area contributed by atoms with Crippen LogP contribution in [-0.4, -0.2) is 18.0 Å². The summed E-state index contributed by atoms with van der Waals surface area (Å²) in [5.74, 6) is 0.362. The SMILES string of the molecule is COc1cc(C(C)=O)cc(I)c1O. The van der Waals surface area contributed by atoms with Gasteiger partial charge in [0, 0.05) is 5.56 Å².